The number of ether oxygens (including phenoxy) is 1. The average Bonchev–Trinajstić information content (AvgIpc) is 2.85. The van der Waals surface area contributed by atoms with Crippen molar-refractivity contribution < 1.29 is 4.74 Å². The van der Waals surface area contributed by atoms with E-state index < -0.39 is 0 Å². The highest BCUT2D eigenvalue weighted by molar-refractivity contribution is 9.10. The number of thiazole rings is 1. The van der Waals surface area contributed by atoms with E-state index in [-0.39, 0.29) is 5.41 Å². The van der Waals surface area contributed by atoms with Crippen molar-refractivity contribution >= 4 is 33.0 Å². The molecule has 0 aliphatic carbocycles. The summed E-state index contributed by atoms with van der Waals surface area (Å²) in [6, 6.07) is 4.06. The van der Waals surface area contributed by atoms with Gasteiger partial charge >= 0.3 is 0 Å². The van der Waals surface area contributed by atoms with Crippen LogP contribution in [-0.2, 0) is 12.0 Å². The van der Waals surface area contributed by atoms with E-state index in [1.165, 1.54) is 9.88 Å². The first-order valence-corrected chi connectivity index (χ1v) is 8.45. The molecular formula is C16H21BrN2OS. The third-order valence-corrected chi connectivity index (χ3v) is 5.00. The van der Waals surface area contributed by atoms with Crippen LogP contribution in [0.2, 0.25) is 0 Å². The molecule has 0 amide bonds. The summed E-state index contributed by atoms with van der Waals surface area (Å²) in [4.78, 5) is 5.74. The first kappa shape index (κ1) is 16.3. The van der Waals surface area contributed by atoms with Crippen molar-refractivity contribution in [2.45, 2.75) is 39.7 Å². The Morgan fingerprint density at radius 1 is 1.33 bits per heavy atom. The van der Waals surface area contributed by atoms with Gasteiger partial charge < -0.3 is 10.1 Å². The number of hydrogen-bond acceptors (Lipinski definition) is 4. The summed E-state index contributed by atoms with van der Waals surface area (Å²) in [7, 11) is 1.69. The number of anilines is 1. The van der Waals surface area contributed by atoms with Crippen LogP contribution in [0.4, 0.5) is 5.69 Å². The molecule has 1 heterocycles. The second-order valence-electron chi connectivity index (χ2n) is 6.04. The van der Waals surface area contributed by atoms with Crippen LogP contribution < -0.4 is 10.1 Å². The molecule has 0 aliphatic heterocycles. The lowest BCUT2D eigenvalue weighted by Gasteiger charge is -2.14. The summed E-state index contributed by atoms with van der Waals surface area (Å²) in [5, 5.41) is 4.63. The summed E-state index contributed by atoms with van der Waals surface area (Å²) < 4.78 is 6.47. The van der Waals surface area contributed by atoms with E-state index in [1.807, 2.05) is 12.3 Å². The van der Waals surface area contributed by atoms with Gasteiger partial charge in [-0.2, -0.15) is 0 Å². The van der Waals surface area contributed by atoms with Gasteiger partial charge in [0.05, 0.1) is 24.3 Å². The van der Waals surface area contributed by atoms with Gasteiger partial charge in [0.2, 0.25) is 0 Å². The first-order chi connectivity index (χ1) is 9.81. The molecule has 0 fully saturated rings. The van der Waals surface area contributed by atoms with Gasteiger partial charge in [-0.25, -0.2) is 4.98 Å². The van der Waals surface area contributed by atoms with Crippen molar-refractivity contribution in [2.75, 3.05) is 12.4 Å². The Balaban J connectivity index is 2.15. The second kappa shape index (κ2) is 6.36. The van der Waals surface area contributed by atoms with Crippen molar-refractivity contribution in [3.63, 3.8) is 0 Å². The fraction of sp³-hybridized carbons (Fsp3) is 0.438. The number of benzene rings is 1. The van der Waals surface area contributed by atoms with Crippen LogP contribution in [0, 0.1) is 6.92 Å². The Labute approximate surface area is 138 Å². The molecule has 0 aliphatic rings. The van der Waals surface area contributed by atoms with Crippen molar-refractivity contribution in [1.82, 2.24) is 4.98 Å². The number of methoxy groups -OCH3 is 1. The van der Waals surface area contributed by atoms with Crippen LogP contribution in [-0.4, -0.2) is 12.1 Å². The molecule has 1 aromatic carbocycles. The zero-order valence-electron chi connectivity index (χ0n) is 13.1. The van der Waals surface area contributed by atoms with Gasteiger partial charge in [-0.05, 0) is 24.6 Å². The third kappa shape index (κ3) is 3.98. The molecule has 0 saturated carbocycles. The van der Waals surface area contributed by atoms with Crippen molar-refractivity contribution in [2.24, 2.45) is 0 Å². The standard InChI is InChI=1S/C16H21BrN2OS/c1-10-6-11(17)7-13(20-5)14(10)18-8-12-9-19-15(21-12)16(2,3)4/h6-7,9,18H,8H2,1-5H3. The van der Waals surface area contributed by atoms with E-state index in [4.69, 9.17) is 4.74 Å². The second-order valence-corrected chi connectivity index (χ2v) is 8.07. The average molecular weight is 369 g/mol. The smallest absolute Gasteiger partial charge is 0.143 e. The minimum atomic E-state index is 0.105. The number of halogens is 1. The lowest BCUT2D eigenvalue weighted by atomic mass is 9.98. The molecule has 5 heteroatoms. The third-order valence-electron chi connectivity index (χ3n) is 3.12. The van der Waals surface area contributed by atoms with Crippen molar-refractivity contribution in [1.29, 1.82) is 0 Å². The van der Waals surface area contributed by atoms with E-state index >= 15 is 0 Å². The summed E-state index contributed by atoms with van der Waals surface area (Å²) >= 11 is 5.25. The molecule has 0 bridgehead atoms. The normalized spacial score (nSPS) is 11.5. The van der Waals surface area contributed by atoms with Crippen molar-refractivity contribution in [3.05, 3.63) is 38.3 Å². The predicted octanol–water partition coefficient (Wildman–Crippen LogP) is 5.13. The maximum atomic E-state index is 5.45. The lowest BCUT2D eigenvalue weighted by molar-refractivity contribution is 0.416. The zero-order chi connectivity index (χ0) is 15.6. The van der Waals surface area contributed by atoms with Crippen LogP contribution in [0.25, 0.3) is 0 Å². The first-order valence-electron chi connectivity index (χ1n) is 6.84. The predicted molar refractivity (Wildman–Crippen MR) is 93.6 cm³/mol. The molecule has 3 nitrogen and oxygen atoms in total. The van der Waals surface area contributed by atoms with Gasteiger partial charge in [0.1, 0.15) is 5.75 Å². The Kier molecular flexibility index (Phi) is 4.94. The summed E-state index contributed by atoms with van der Waals surface area (Å²) in [6.45, 7) is 9.39. The molecule has 21 heavy (non-hydrogen) atoms. The topological polar surface area (TPSA) is 34.1 Å². The SMILES string of the molecule is COc1cc(Br)cc(C)c1NCc1cnc(C(C)(C)C)s1. The molecule has 1 aromatic heterocycles. The zero-order valence-corrected chi connectivity index (χ0v) is 15.5. The van der Waals surface area contributed by atoms with Crippen molar-refractivity contribution in [3.8, 4) is 5.75 Å². The van der Waals surface area contributed by atoms with E-state index in [0.717, 1.165) is 28.0 Å². The van der Waals surface area contributed by atoms with Crippen LogP contribution in [0.1, 0.15) is 36.2 Å². The van der Waals surface area contributed by atoms with E-state index in [2.05, 4.69) is 60.0 Å². The fourth-order valence-electron chi connectivity index (χ4n) is 2.01. The molecule has 0 atom stereocenters. The van der Waals surface area contributed by atoms with Gasteiger partial charge in [-0.1, -0.05) is 36.7 Å². The molecular weight excluding hydrogens is 348 g/mol. The Morgan fingerprint density at radius 3 is 2.62 bits per heavy atom. The minimum absolute atomic E-state index is 0.105. The van der Waals surface area contributed by atoms with Gasteiger partial charge in [0.25, 0.3) is 0 Å². The summed E-state index contributed by atoms with van der Waals surface area (Å²) in [6.07, 6.45) is 1.96. The highest BCUT2D eigenvalue weighted by Gasteiger charge is 2.18. The van der Waals surface area contributed by atoms with Crippen LogP contribution in [0.15, 0.2) is 22.8 Å². The summed E-state index contributed by atoms with van der Waals surface area (Å²) in [5.74, 6) is 0.849. The molecule has 0 radical (unpaired) electrons. The number of nitrogens with zero attached hydrogens (tertiary/aromatic N) is 1. The van der Waals surface area contributed by atoms with Crippen LogP contribution in [0.3, 0.4) is 0 Å². The fourth-order valence-corrected chi connectivity index (χ4v) is 3.47. The van der Waals surface area contributed by atoms with Gasteiger partial charge in [0, 0.05) is 21.0 Å². The number of aryl methyl sites for hydroxylation is 1. The number of rotatable bonds is 4. The molecule has 0 saturated heterocycles. The van der Waals surface area contributed by atoms with E-state index in [1.54, 1.807) is 18.4 Å². The maximum absolute atomic E-state index is 5.45. The molecule has 114 valence electrons. The molecule has 2 aromatic rings. The van der Waals surface area contributed by atoms with E-state index in [9.17, 15) is 0 Å². The molecule has 0 unspecified atom stereocenters. The van der Waals surface area contributed by atoms with Gasteiger partial charge in [0.15, 0.2) is 0 Å². The largest absolute Gasteiger partial charge is 0.495 e. The Hall–Kier alpha value is -1.07. The van der Waals surface area contributed by atoms with E-state index in [0.29, 0.717) is 0 Å². The van der Waals surface area contributed by atoms with Crippen LogP contribution in [0.5, 0.6) is 5.75 Å². The Morgan fingerprint density at radius 2 is 2.05 bits per heavy atom. The number of nitrogens with one attached hydrogen (secondary N) is 1. The number of aromatic nitrogens is 1. The summed E-state index contributed by atoms with van der Waals surface area (Å²) in [5.41, 5.74) is 2.29. The monoisotopic (exact) mass is 368 g/mol. The minimum Gasteiger partial charge on any atom is -0.495 e. The molecule has 0 spiro atoms. The van der Waals surface area contributed by atoms with Gasteiger partial charge in [-0.15, -0.1) is 11.3 Å². The highest BCUT2D eigenvalue weighted by atomic mass is 79.9. The maximum Gasteiger partial charge on any atom is 0.143 e. The number of hydrogen-bond donors (Lipinski definition) is 1. The van der Waals surface area contributed by atoms with Crippen LogP contribution >= 0.6 is 27.3 Å². The highest BCUT2D eigenvalue weighted by Crippen LogP contribution is 2.33. The quantitative estimate of drug-likeness (QED) is 0.811. The van der Waals surface area contributed by atoms with Gasteiger partial charge in [-0.3, -0.25) is 0 Å². The Bertz CT molecular complexity index is 632. The molecule has 2 rings (SSSR count). The lowest BCUT2D eigenvalue weighted by Crippen LogP contribution is -2.09. The molecule has 1 N–H and O–H groups in total.